The average molecular weight is 528 g/mol. The summed E-state index contributed by atoms with van der Waals surface area (Å²) < 4.78 is 10.7. The molecule has 0 aliphatic rings. The fourth-order valence-electron chi connectivity index (χ4n) is 3.50. The van der Waals surface area contributed by atoms with Crippen LogP contribution >= 0.6 is 35.0 Å². The van der Waals surface area contributed by atoms with E-state index in [9.17, 15) is 4.79 Å². The summed E-state index contributed by atoms with van der Waals surface area (Å²) in [6.45, 7) is 0.656. The number of anilines is 1. The van der Waals surface area contributed by atoms with Gasteiger partial charge < -0.3 is 14.8 Å². The molecule has 0 radical (unpaired) electrons. The number of Topliss-reactive ketones (excluding diaryl/α,β-unsaturated/α-hetero) is 1. The molecule has 35 heavy (non-hydrogen) atoms. The van der Waals surface area contributed by atoms with Gasteiger partial charge >= 0.3 is 0 Å². The van der Waals surface area contributed by atoms with Gasteiger partial charge in [-0.1, -0.05) is 53.2 Å². The highest BCUT2D eigenvalue weighted by molar-refractivity contribution is 7.99. The minimum atomic E-state index is -0.0757. The van der Waals surface area contributed by atoms with Crippen LogP contribution in [0.1, 0.15) is 15.9 Å². The van der Waals surface area contributed by atoms with Crippen LogP contribution in [0.3, 0.4) is 0 Å². The Morgan fingerprint density at radius 3 is 2.51 bits per heavy atom. The lowest BCUT2D eigenvalue weighted by atomic mass is 10.1. The van der Waals surface area contributed by atoms with Crippen LogP contribution in [-0.4, -0.2) is 42.3 Å². The standard InChI is InChI=1S/C26H23Cl2N3O3S/c1-33-23-10-7-16(13-24(23)34-2)11-12-29-25-18-5-3-4-6-21(18)30-26(31-25)35-15-22(32)17-8-9-19(27)20(28)14-17/h3-10,13-14H,11-12,15H2,1-2H3,(H,29,30,31). The van der Waals surface area contributed by atoms with Crippen LogP contribution in [0.15, 0.2) is 65.8 Å². The Morgan fingerprint density at radius 2 is 1.74 bits per heavy atom. The molecule has 1 heterocycles. The van der Waals surface area contributed by atoms with Crippen LogP contribution in [0.2, 0.25) is 10.0 Å². The molecule has 180 valence electrons. The summed E-state index contributed by atoms with van der Waals surface area (Å²) in [5.41, 5.74) is 2.41. The number of nitrogens with zero attached hydrogens (tertiary/aromatic N) is 2. The molecule has 0 saturated heterocycles. The summed E-state index contributed by atoms with van der Waals surface area (Å²) >= 11 is 13.3. The predicted octanol–water partition coefficient (Wildman–Crippen LogP) is 6.58. The van der Waals surface area contributed by atoms with Crippen molar-refractivity contribution in [3.63, 3.8) is 0 Å². The second-order valence-corrected chi connectivity index (χ2v) is 9.34. The number of nitrogens with one attached hydrogen (secondary N) is 1. The summed E-state index contributed by atoms with van der Waals surface area (Å²) in [5.74, 6) is 2.22. The third-order valence-corrected chi connectivity index (χ3v) is 6.90. The molecule has 1 aromatic heterocycles. The largest absolute Gasteiger partial charge is 0.493 e. The first-order valence-corrected chi connectivity index (χ1v) is 12.5. The summed E-state index contributed by atoms with van der Waals surface area (Å²) in [6, 6.07) is 18.5. The van der Waals surface area contributed by atoms with Crippen molar-refractivity contribution < 1.29 is 14.3 Å². The van der Waals surface area contributed by atoms with Crippen LogP contribution in [0.5, 0.6) is 11.5 Å². The first kappa shape index (κ1) is 25.1. The maximum Gasteiger partial charge on any atom is 0.190 e. The van der Waals surface area contributed by atoms with Crippen molar-refractivity contribution in [1.29, 1.82) is 0 Å². The number of hydrogen-bond donors (Lipinski definition) is 1. The lowest BCUT2D eigenvalue weighted by molar-refractivity contribution is 0.102. The van der Waals surface area contributed by atoms with E-state index in [4.69, 9.17) is 32.7 Å². The molecule has 0 unspecified atom stereocenters. The zero-order valence-electron chi connectivity index (χ0n) is 19.2. The number of methoxy groups -OCH3 is 2. The van der Waals surface area contributed by atoms with Gasteiger partial charge in [0.25, 0.3) is 0 Å². The topological polar surface area (TPSA) is 73.3 Å². The summed E-state index contributed by atoms with van der Waals surface area (Å²) in [6.07, 6.45) is 0.761. The van der Waals surface area contributed by atoms with Crippen molar-refractivity contribution in [3.8, 4) is 11.5 Å². The van der Waals surface area contributed by atoms with Crippen LogP contribution in [0, 0.1) is 0 Å². The number of carbonyl (C=O) groups excluding carboxylic acids is 1. The first-order chi connectivity index (χ1) is 17.0. The molecule has 4 rings (SSSR count). The summed E-state index contributed by atoms with van der Waals surface area (Å²) in [7, 11) is 3.24. The van der Waals surface area contributed by atoms with Gasteiger partial charge in [-0.15, -0.1) is 0 Å². The molecule has 0 bridgehead atoms. The molecule has 0 saturated carbocycles. The third kappa shape index (κ3) is 6.17. The molecule has 0 atom stereocenters. The molecule has 3 aromatic carbocycles. The molecule has 0 fully saturated rings. The predicted molar refractivity (Wildman–Crippen MR) is 143 cm³/mol. The Morgan fingerprint density at radius 1 is 0.943 bits per heavy atom. The number of carbonyl (C=O) groups is 1. The Bertz CT molecular complexity index is 1370. The number of thioether (sulfide) groups is 1. The number of ketones is 1. The van der Waals surface area contributed by atoms with Gasteiger partial charge in [0.2, 0.25) is 0 Å². The van der Waals surface area contributed by atoms with E-state index in [0.29, 0.717) is 38.8 Å². The lowest BCUT2D eigenvalue weighted by Crippen LogP contribution is -2.09. The first-order valence-electron chi connectivity index (χ1n) is 10.8. The molecule has 0 aliphatic carbocycles. The summed E-state index contributed by atoms with van der Waals surface area (Å²) in [5, 5.41) is 5.62. The molecule has 9 heteroatoms. The SMILES string of the molecule is COc1ccc(CCNc2nc(SCC(=O)c3ccc(Cl)c(Cl)c3)nc3ccccc23)cc1OC. The van der Waals surface area contributed by atoms with Crippen LogP contribution in [-0.2, 0) is 6.42 Å². The van der Waals surface area contributed by atoms with Crippen molar-refractivity contribution in [1.82, 2.24) is 9.97 Å². The van der Waals surface area contributed by atoms with Gasteiger partial charge in [0.15, 0.2) is 22.4 Å². The molecular formula is C26H23Cl2N3O3S. The number of ether oxygens (including phenoxy) is 2. The quantitative estimate of drug-likeness (QED) is 0.142. The van der Waals surface area contributed by atoms with Crippen molar-refractivity contribution >= 4 is 57.5 Å². The van der Waals surface area contributed by atoms with E-state index in [1.54, 1.807) is 32.4 Å². The number of aromatic nitrogens is 2. The number of rotatable bonds is 10. The van der Waals surface area contributed by atoms with E-state index in [1.165, 1.54) is 11.8 Å². The van der Waals surface area contributed by atoms with Crippen LogP contribution < -0.4 is 14.8 Å². The lowest BCUT2D eigenvalue weighted by Gasteiger charge is -2.12. The average Bonchev–Trinajstić information content (AvgIpc) is 2.88. The van der Waals surface area contributed by atoms with Gasteiger partial charge in [0.1, 0.15) is 5.82 Å². The van der Waals surface area contributed by atoms with Crippen molar-refractivity contribution in [2.24, 2.45) is 0 Å². The number of halogens is 2. The zero-order chi connectivity index (χ0) is 24.8. The van der Waals surface area contributed by atoms with E-state index in [-0.39, 0.29) is 11.5 Å². The fraction of sp³-hybridized carbons (Fsp3) is 0.192. The van der Waals surface area contributed by atoms with E-state index in [0.717, 1.165) is 28.7 Å². The maximum atomic E-state index is 12.6. The minimum Gasteiger partial charge on any atom is -0.493 e. The number of hydrogen-bond acceptors (Lipinski definition) is 7. The van der Waals surface area contributed by atoms with Gasteiger partial charge in [-0.25, -0.2) is 9.97 Å². The highest BCUT2D eigenvalue weighted by atomic mass is 35.5. The minimum absolute atomic E-state index is 0.0757. The van der Waals surface area contributed by atoms with Gasteiger partial charge in [0, 0.05) is 17.5 Å². The normalized spacial score (nSPS) is 10.9. The smallest absolute Gasteiger partial charge is 0.190 e. The Kier molecular flexibility index (Phi) is 8.33. The Hall–Kier alpha value is -3.00. The van der Waals surface area contributed by atoms with Crippen molar-refractivity contribution in [2.45, 2.75) is 11.6 Å². The third-order valence-electron chi connectivity index (χ3n) is 5.31. The highest BCUT2D eigenvalue weighted by Gasteiger charge is 2.13. The molecular weight excluding hydrogens is 505 g/mol. The van der Waals surface area contributed by atoms with E-state index in [2.05, 4.69) is 15.3 Å². The molecule has 1 N–H and O–H groups in total. The van der Waals surface area contributed by atoms with E-state index in [1.807, 2.05) is 42.5 Å². The molecule has 4 aromatic rings. The Balaban J connectivity index is 1.47. The maximum absolute atomic E-state index is 12.6. The van der Waals surface area contributed by atoms with Crippen molar-refractivity contribution in [3.05, 3.63) is 81.8 Å². The molecule has 0 spiro atoms. The van der Waals surface area contributed by atoms with Gasteiger partial charge in [-0.05, 0) is 54.4 Å². The second-order valence-electron chi connectivity index (χ2n) is 7.58. The van der Waals surface area contributed by atoms with Crippen LogP contribution in [0.25, 0.3) is 10.9 Å². The number of fused-ring (bicyclic) bond motifs is 1. The van der Waals surface area contributed by atoms with Crippen molar-refractivity contribution in [2.75, 3.05) is 31.8 Å². The molecule has 6 nitrogen and oxygen atoms in total. The second kappa shape index (κ2) is 11.6. The van der Waals surface area contributed by atoms with Gasteiger partial charge in [-0.2, -0.15) is 0 Å². The van der Waals surface area contributed by atoms with E-state index < -0.39 is 0 Å². The number of para-hydroxylation sites is 1. The monoisotopic (exact) mass is 527 g/mol. The molecule has 0 aliphatic heterocycles. The van der Waals surface area contributed by atoms with Crippen LogP contribution in [0.4, 0.5) is 5.82 Å². The van der Waals surface area contributed by atoms with Gasteiger partial charge in [-0.3, -0.25) is 4.79 Å². The highest BCUT2D eigenvalue weighted by Crippen LogP contribution is 2.29. The number of benzene rings is 3. The van der Waals surface area contributed by atoms with E-state index >= 15 is 0 Å². The fourth-order valence-corrected chi connectivity index (χ4v) is 4.54. The van der Waals surface area contributed by atoms with Gasteiger partial charge in [0.05, 0.1) is 35.5 Å². The molecule has 0 amide bonds. The Labute approximate surface area is 218 Å². The zero-order valence-corrected chi connectivity index (χ0v) is 21.5. The summed E-state index contributed by atoms with van der Waals surface area (Å²) in [4.78, 5) is 22.0.